The number of nitrogens with one attached hydrogen (secondary N) is 1. The van der Waals surface area contributed by atoms with Crippen LogP contribution < -0.4 is 5.32 Å². The third kappa shape index (κ3) is 8.18. The van der Waals surface area contributed by atoms with Gasteiger partial charge in [0.15, 0.2) is 0 Å². The second-order valence-corrected chi connectivity index (χ2v) is 13.1. The van der Waals surface area contributed by atoms with E-state index in [1.54, 1.807) is 90.5 Å². The molecule has 0 unspecified atom stereocenters. The Labute approximate surface area is 251 Å². The number of fused-ring (bicyclic) bond motifs is 1. The van der Waals surface area contributed by atoms with Crippen LogP contribution in [0, 0.1) is 0 Å². The number of hydrogen-bond donors (Lipinski definition) is 1. The lowest BCUT2D eigenvalue weighted by atomic mass is 10.0. The number of anilines is 1. The Hall–Kier alpha value is -4.73. The second kappa shape index (κ2) is 11.5. The number of pyridine rings is 2. The third-order valence-corrected chi connectivity index (χ3v) is 5.79. The molecule has 10 nitrogen and oxygen atoms in total. The zero-order valence-electron chi connectivity index (χ0n) is 26.1. The lowest BCUT2D eigenvalue weighted by Gasteiger charge is -2.19. The lowest BCUT2D eigenvalue weighted by Crippen LogP contribution is -2.27. The van der Waals surface area contributed by atoms with Crippen molar-refractivity contribution in [1.82, 2.24) is 14.5 Å². The van der Waals surface area contributed by atoms with Crippen LogP contribution in [0.5, 0.6) is 0 Å². The van der Waals surface area contributed by atoms with Crippen LogP contribution in [0.3, 0.4) is 0 Å². The molecule has 4 rings (SSSR count). The van der Waals surface area contributed by atoms with Gasteiger partial charge in [0, 0.05) is 40.7 Å². The van der Waals surface area contributed by atoms with Crippen molar-refractivity contribution in [2.75, 3.05) is 5.32 Å². The van der Waals surface area contributed by atoms with E-state index in [-0.39, 0.29) is 0 Å². The van der Waals surface area contributed by atoms with Crippen molar-refractivity contribution >= 4 is 35.0 Å². The van der Waals surface area contributed by atoms with Crippen molar-refractivity contribution in [3.8, 4) is 22.3 Å². The summed E-state index contributed by atoms with van der Waals surface area (Å²) in [5, 5.41) is 3.32. The maximum Gasteiger partial charge on any atom is 0.420 e. The summed E-state index contributed by atoms with van der Waals surface area (Å²) in [6, 6.07) is 12.4. The van der Waals surface area contributed by atoms with Gasteiger partial charge in [-0.25, -0.2) is 28.9 Å². The Bertz CT molecular complexity index is 1650. The molecule has 226 valence electrons. The number of ether oxygens (including phenoxy) is 3. The van der Waals surface area contributed by atoms with Crippen molar-refractivity contribution in [3.63, 3.8) is 0 Å². The number of esters is 1. The van der Waals surface area contributed by atoms with Gasteiger partial charge in [0.1, 0.15) is 28.3 Å². The molecule has 0 saturated carbocycles. The zero-order chi connectivity index (χ0) is 31.7. The van der Waals surface area contributed by atoms with Gasteiger partial charge < -0.3 is 14.2 Å². The Morgan fingerprint density at radius 3 is 1.84 bits per heavy atom. The predicted octanol–water partition coefficient (Wildman–Crippen LogP) is 7.85. The summed E-state index contributed by atoms with van der Waals surface area (Å²) in [4.78, 5) is 46.8. The van der Waals surface area contributed by atoms with Crippen LogP contribution in [0.15, 0.2) is 61.1 Å². The van der Waals surface area contributed by atoms with Gasteiger partial charge >= 0.3 is 18.2 Å². The van der Waals surface area contributed by atoms with E-state index in [9.17, 15) is 14.4 Å². The van der Waals surface area contributed by atoms with Gasteiger partial charge in [0.05, 0.1) is 5.56 Å². The molecule has 3 aromatic heterocycles. The van der Waals surface area contributed by atoms with E-state index in [2.05, 4.69) is 15.3 Å². The summed E-state index contributed by atoms with van der Waals surface area (Å²) in [6.07, 6.45) is 3.80. The molecule has 1 aromatic carbocycles. The fraction of sp³-hybridized carbons (Fsp3) is 0.364. The minimum Gasteiger partial charge on any atom is -0.456 e. The summed E-state index contributed by atoms with van der Waals surface area (Å²) in [5.41, 5.74) is 1.88. The van der Waals surface area contributed by atoms with E-state index < -0.39 is 35.0 Å². The summed E-state index contributed by atoms with van der Waals surface area (Å²) in [6.45, 7) is 16.2. The van der Waals surface area contributed by atoms with E-state index in [1.807, 2.05) is 32.9 Å². The molecule has 4 aromatic rings. The third-order valence-electron chi connectivity index (χ3n) is 5.79. The van der Waals surface area contributed by atoms with Gasteiger partial charge in [-0.2, -0.15) is 0 Å². The van der Waals surface area contributed by atoms with Gasteiger partial charge in [-0.1, -0.05) is 12.1 Å². The van der Waals surface area contributed by atoms with Crippen molar-refractivity contribution < 1.29 is 28.6 Å². The molecular formula is C33H38N4O6. The molecule has 0 radical (unpaired) electrons. The van der Waals surface area contributed by atoms with Crippen molar-refractivity contribution in [1.29, 1.82) is 0 Å². The minimum atomic E-state index is -0.705. The number of carbonyl (C=O) groups excluding carboxylic acids is 3. The molecule has 10 heteroatoms. The number of nitrogens with zero attached hydrogens (tertiary/aromatic N) is 3. The number of carbonyl (C=O) groups is 3. The Balaban J connectivity index is 1.72. The van der Waals surface area contributed by atoms with Gasteiger partial charge in [0.25, 0.3) is 0 Å². The van der Waals surface area contributed by atoms with E-state index in [0.717, 1.165) is 22.3 Å². The number of hydrogen-bond acceptors (Lipinski definition) is 8. The molecule has 0 aliphatic rings. The van der Waals surface area contributed by atoms with Gasteiger partial charge in [-0.3, -0.25) is 5.32 Å². The van der Waals surface area contributed by atoms with E-state index in [0.29, 0.717) is 22.4 Å². The molecule has 0 aliphatic heterocycles. The summed E-state index contributed by atoms with van der Waals surface area (Å²) in [7, 11) is 0. The molecular weight excluding hydrogens is 548 g/mol. The quantitative estimate of drug-likeness (QED) is 0.189. The first-order chi connectivity index (χ1) is 19.9. The number of amides is 1. The Morgan fingerprint density at radius 2 is 1.28 bits per heavy atom. The molecule has 1 amide bonds. The molecule has 0 aliphatic carbocycles. The second-order valence-electron chi connectivity index (χ2n) is 13.1. The highest BCUT2D eigenvalue weighted by Gasteiger charge is 2.23. The predicted molar refractivity (Wildman–Crippen MR) is 165 cm³/mol. The van der Waals surface area contributed by atoms with E-state index in [1.165, 1.54) is 4.57 Å². The summed E-state index contributed by atoms with van der Waals surface area (Å²) >= 11 is 0. The first-order valence-corrected chi connectivity index (χ1v) is 13.9. The highest BCUT2D eigenvalue weighted by Crippen LogP contribution is 2.34. The molecule has 0 atom stereocenters. The standard InChI is InChI=1S/C33H38N4O6/c1-31(2,3)41-28(38)21-12-10-20(11-13-21)25-19-37(30(40)43-33(7,8)9)27-24(25)16-23(18-35-27)22-14-15-26(34-17-22)36-29(39)42-32(4,5)6/h10-19H,1-9H3,(H,34,36,39). The highest BCUT2D eigenvalue weighted by molar-refractivity contribution is 6.01. The molecule has 0 bridgehead atoms. The molecule has 0 fully saturated rings. The van der Waals surface area contributed by atoms with Crippen LogP contribution >= 0.6 is 0 Å². The first kappa shape index (κ1) is 31.2. The van der Waals surface area contributed by atoms with E-state index in [4.69, 9.17) is 14.2 Å². The monoisotopic (exact) mass is 586 g/mol. The average Bonchev–Trinajstić information content (AvgIpc) is 3.25. The number of benzene rings is 1. The van der Waals surface area contributed by atoms with Gasteiger partial charge in [-0.15, -0.1) is 0 Å². The molecule has 0 spiro atoms. The van der Waals surface area contributed by atoms with Gasteiger partial charge in [-0.05, 0) is 98.2 Å². The maximum atomic E-state index is 13.1. The van der Waals surface area contributed by atoms with Crippen LogP contribution in [-0.2, 0) is 14.2 Å². The van der Waals surface area contributed by atoms with Crippen molar-refractivity contribution in [3.05, 3.63) is 66.6 Å². The topological polar surface area (TPSA) is 122 Å². The van der Waals surface area contributed by atoms with E-state index >= 15 is 0 Å². The van der Waals surface area contributed by atoms with Crippen molar-refractivity contribution in [2.24, 2.45) is 0 Å². The van der Waals surface area contributed by atoms with Crippen LogP contribution in [0.2, 0.25) is 0 Å². The SMILES string of the molecule is CC(C)(C)OC(=O)Nc1ccc(-c2cnc3c(c2)c(-c2ccc(C(=O)OC(C)(C)C)cc2)cn3C(=O)OC(C)(C)C)cn1. The molecule has 43 heavy (non-hydrogen) atoms. The molecule has 0 saturated heterocycles. The fourth-order valence-electron chi connectivity index (χ4n) is 4.12. The lowest BCUT2D eigenvalue weighted by molar-refractivity contribution is 0.00690. The summed E-state index contributed by atoms with van der Waals surface area (Å²) < 4.78 is 17.8. The smallest absolute Gasteiger partial charge is 0.420 e. The normalized spacial score (nSPS) is 12.1. The molecule has 3 heterocycles. The number of rotatable bonds is 4. The van der Waals surface area contributed by atoms with Crippen LogP contribution in [-0.4, -0.2) is 49.5 Å². The maximum absolute atomic E-state index is 13.1. The Kier molecular flexibility index (Phi) is 8.35. The minimum absolute atomic E-state index is 0.342. The van der Waals surface area contributed by atoms with Crippen molar-refractivity contribution in [2.45, 2.75) is 79.1 Å². The van der Waals surface area contributed by atoms with Crippen LogP contribution in [0.1, 0.15) is 72.7 Å². The van der Waals surface area contributed by atoms with Gasteiger partial charge in [0.2, 0.25) is 0 Å². The first-order valence-electron chi connectivity index (χ1n) is 13.9. The average molecular weight is 587 g/mol. The van der Waals surface area contributed by atoms with Crippen LogP contribution in [0.25, 0.3) is 33.3 Å². The largest absolute Gasteiger partial charge is 0.456 e. The zero-order valence-corrected chi connectivity index (χ0v) is 26.1. The Morgan fingerprint density at radius 1 is 0.698 bits per heavy atom. The molecule has 1 N–H and O–H groups in total. The van der Waals surface area contributed by atoms with Crippen LogP contribution in [0.4, 0.5) is 15.4 Å². The highest BCUT2D eigenvalue weighted by atomic mass is 16.6. The fourth-order valence-corrected chi connectivity index (χ4v) is 4.12. The number of aromatic nitrogens is 3. The summed E-state index contributed by atoms with van der Waals surface area (Å²) in [5.74, 6) is -0.0785.